The average Bonchev–Trinajstić information content (AvgIpc) is 3.14. The lowest BCUT2D eigenvalue weighted by atomic mass is 9.87. The van der Waals surface area contributed by atoms with Gasteiger partial charge < -0.3 is 20.0 Å². The number of hydrogen-bond donors (Lipinski definition) is 1. The third-order valence-electron chi connectivity index (χ3n) is 7.84. The first-order valence-corrected chi connectivity index (χ1v) is 14.1. The maximum atomic E-state index is 12.8. The van der Waals surface area contributed by atoms with E-state index < -0.39 is 11.7 Å². The smallest absolute Gasteiger partial charge is 0.370 e. The van der Waals surface area contributed by atoms with Crippen LogP contribution in [0.15, 0.2) is 42.6 Å². The fraction of sp³-hybridized carbons (Fsp3) is 0.613. The Morgan fingerprint density at radius 2 is 1.60 bits per heavy atom. The number of alkyl halides is 3. The van der Waals surface area contributed by atoms with Gasteiger partial charge in [0.15, 0.2) is 0 Å². The Hall–Kier alpha value is -2.81. The van der Waals surface area contributed by atoms with Crippen molar-refractivity contribution in [3.8, 4) is 0 Å². The molecule has 1 aromatic carbocycles. The maximum Gasteiger partial charge on any atom is 0.417 e. The zero-order chi connectivity index (χ0) is 28.0. The highest BCUT2D eigenvalue weighted by molar-refractivity contribution is 5.76. The number of hydrogen-bond acceptors (Lipinski definition) is 5. The SMILES string of the molecule is C.CC(C)(C)c1ccc(N2CCCN(CCCC(=O)N3CCC(Nc4ccc(C(F)(F)F)cn4)CC3)CC2)cc1. The summed E-state index contributed by atoms with van der Waals surface area (Å²) in [4.78, 5) is 23.6. The molecule has 0 unspecified atom stereocenters. The maximum absolute atomic E-state index is 12.8. The molecule has 2 aromatic rings. The predicted molar refractivity (Wildman–Crippen MR) is 157 cm³/mol. The van der Waals surface area contributed by atoms with Gasteiger partial charge in [0.05, 0.1) is 5.56 Å². The first-order valence-electron chi connectivity index (χ1n) is 14.1. The summed E-state index contributed by atoms with van der Waals surface area (Å²) in [5, 5.41) is 3.21. The number of pyridine rings is 1. The molecule has 0 atom stereocenters. The molecule has 0 radical (unpaired) electrons. The standard InChI is InChI=1S/C30H42F3N5O.CH4/c1-29(2,3)23-7-10-26(11-8-23)37-17-5-16-36(20-21-37)15-4-6-28(39)38-18-13-25(14-19-38)35-27-12-9-24(22-34-27)30(31,32)33;/h7-12,22,25H,4-6,13-21H2,1-3H3,(H,34,35);1H4. The van der Waals surface area contributed by atoms with Crippen LogP contribution in [0, 0.1) is 0 Å². The van der Waals surface area contributed by atoms with E-state index in [4.69, 9.17) is 0 Å². The zero-order valence-corrected chi connectivity index (χ0v) is 23.4. The van der Waals surface area contributed by atoms with Crippen LogP contribution < -0.4 is 10.2 Å². The van der Waals surface area contributed by atoms with Crippen molar-refractivity contribution in [1.29, 1.82) is 0 Å². The number of carbonyl (C=O) groups excluding carboxylic acids is 1. The highest BCUT2D eigenvalue weighted by atomic mass is 19.4. The van der Waals surface area contributed by atoms with Crippen molar-refractivity contribution in [1.82, 2.24) is 14.8 Å². The highest BCUT2D eigenvalue weighted by Crippen LogP contribution is 2.29. The van der Waals surface area contributed by atoms with Crippen molar-refractivity contribution in [3.05, 3.63) is 53.7 Å². The summed E-state index contributed by atoms with van der Waals surface area (Å²) in [7, 11) is 0. The Morgan fingerprint density at radius 1 is 0.925 bits per heavy atom. The van der Waals surface area contributed by atoms with Gasteiger partial charge in [-0.3, -0.25) is 4.79 Å². The molecule has 1 aromatic heterocycles. The van der Waals surface area contributed by atoms with E-state index in [1.54, 1.807) is 0 Å². The quantitative estimate of drug-likeness (QED) is 0.422. The number of likely N-dealkylation sites (tertiary alicyclic amines) is 1. The summed E-state index contributed by atoms with van der Waals surface area (Å²) in [6.07, 6.45) is 0.500. The van der Waals surface area contributed by atoms with Gasteiger partial charge in [0, 0.05) is 57.1 Å². The van der Waals surface area contributed by atoms with Gasteiger partial charge in [0.1, 0.15) is 5.82 Å². The normalized spacial score (nSPS) is 17.8. The molecule has 2 fully saturated rings. The van der Waals surface area contributed by atoms with Crippen LogP contribution in [0.3, 0.4) is 0 Å². The topological polar surface area (TPSA) is 51.7 Å². The van der Waals surface area contributed by atoms with Crippen LogP contribution in [-0.4, -0.2) is 72.5 Å². The molecule has 0 saturated carbocycles. The molecule has 1 N–H and O–H groups in total. The number of aromatic nitrogens is 1. The van der Waals surface area contributed by atoms with Gasteiger partial charge in [-0.05, 0) is 74.0 Å². The lowest BCUT2D eigenvalue weighted by Crippen LogP contribution is -2.42. The summed E-state index contributed by atoms with van der Waals surface area (Å²) in [6.45, 7) is 13.1. The minimum atomic E-state index is -4.39. The van der Waals surface area contributed by atoms with E-state index in [1.165, 1.54) is 17.3 Å². The first-order chi connectivity index (χ1) is 18.5. The average molecular weight is 562 g/mol. The van der Waals surface area contributed by atoms with Crippen LogP contribution in [0.5, 0.6) is 0 Å². The van der Waals surface area contributed by atoms with Crippen LogP contribution in [0.2, 0.25) is 0 Å². The number of nitrogens with one attached hydrogen (secondary N) is 1. The van der Waals surface area contributed by atoms with Gasteiger partial charge in [0.2, 0.25) is 5.91 Å². The molecular formula is C31H46F3N5O. The number of nitrogens with zero attached hydrogens (tertiary/aromatic N) is 4. The van der Waals surface area contributed by atoms with Gasteiger partial charge in [0.25, 0.3) is 0 Å². The number of amides is 1. The molecule has 9 heteroatoms. The summed E-state index contributed by atoms with van der Waals surface area (Å²) in [5.74, 6) is 0.627. The molecule has 0 bridgehead atoms. The van der Waals surface area contributed by atoms with Crippen molar-refractivity contribution in [2.75, 3.05) is 56.0 Å². The van der Waals surface area contributed by atoms with Gasteiger partial charge in [-0.2, -0.15) is 13.2 Å². The van der Waals surface area contributed by atoms with E-state index in [0.29, 0.717) is 25.3 Å². The van der Waals surface area contributed by atoms with E-state index in [1.807, 2.05) is 4.90 Å². The van der Waals surface area contributed by atoms with Crippen LogP contribution in [0.1, 0.15) is 71.4 Å². The molecule has 6 nitrogen and oxygen atoms in total. The highest BCUT2D eigenvalue weighted by Gasteiger charge is 2.31. The Balaban J connectivity index is 0.00000441. The van der Waals surface area contributed by atoms with Crippen molar-refractivity contribution in [2.24, 2.45) is 0 Å². The molecular weight excluding hydrogens is 515 g/mol. The number of anilines is 2. The van der Waals surface area contributed by atoms with Crippen molar-refractivity contribution >= 4 is 17.4 Å². The van der Waals surface area contributed by atoms with Gasteiger partial charge in [-0.25, -0.2) is 4.98 Å². The monoisotopic (exact) mass is 561 g/mol. The summed E-state index contributed by atoms with van der Waals surface area (Å²) in [6, 6.07) is 11.5. The molecule has 3 heterocycles. The number of piperidine rings is 1. The largest absolute Gasteiger partial charge is 0.417 e. The molecule has 0 aliphatic carbocycles. The number of rotatable bonds is 7. The summed E-state index contributed by atoms with van der Waals surface area (Å²) < 4.78 is 38.2. The molecule has 40 heavy (non-hydrogen) atoms. The van der Waals surface area contributed by atoms with E-state index in [-0.39, 0.29) is 24.8 Å². The second-order valence-electron chi connectivity index (χ2n) is 11.8. The fourth-order valence-electron chi connectivity index (χ4n) is 5.37. The Kier molecular flexibility index (Phi) is 10.9. The lowest BCUT2D eigenvalue weighted by Gasteiger charge is -2.33. The van der Waals surface area contributed by atoms with E-state index in [9.17, 15) is 18.0 Å². The molecule has 2 saturated heterocycles. The van der Waals surface area contributed by atoms with Crippen LogP contribution in [0.25, 0.3) is 0 Å². The van der Waals surface area contributed by atoms with Crippen LogP contribution in [-0.2, 0) is 16.4 Å². The third kappa shape index (κ3) is 8.85. The molecule has 0 spiro atoms. The third-order valence-corrected chi connectivity index (χ3v) is 7.84. The van der Waals surface area contributed by atoms with E-state index >= 15 is 0 Å². The van der Waals surface area contributed by atoms with Crippen LogP contribution in [0.4, 0.5) is 24.7 Å². The Morgan fingerprint density at radius 3 is 2.20 bits per heavy atom. The summed E-state index contributed by atoms with van der Waals surface area (Å²) >= 11 is 0. The lowest BCUT2D eigenvalue weighted by molar-refractivity contribution is -0.137. The first kappa shape index (κ1) is 31.7. The van der Waals surface area contributed by atoms with Crippen molar-refractivity contribution in [3.63, 3.8) is 0 Å². The van der Waals surface area contributed by atoms with Crippen molar-refractivity contribution in [2.45, 2.75) is 77.9 Å². The van der Waals surface area contributed by atoms with Crippen LogP contribution >= 0.6 is 0 Å². The fourth-order valence-corrected chi connectivity index (χ4v) is 5.37. The molecule has 1 amide bonds. The van der Waals surface area contributed by atoms with E-state index in [0.717, 1.165) is 70.7 Å². The zero-order valence-electron chi connectivity index (χ0n) is 23.4. The molecule has 2 aliphatic rings. The number of carbonyl (C=O) groups is 1. The second kappa shape index (κ2) is 13.7. The number of benzene rings is 1. The Bertz CT molecular complexity index is 1060. The minimum absolute atomic E-state index is 0. The van der Waals surface area contributed by atoms with E-state index in [2.05, 4.69) is 65.1 Å². The van der Waals surface area contributed by atoms with Gasteiger partial charge in [-0.15, -0.1) is 0 Å². The Labute approximate surface area is 237 Å². The summed E-state index contributed by atoms with van der Waals surface area (Å²) in [5.41, 5.74) is 2.04. The minimum Gasteiger partial charge on any atom is -0.370 e. The van der Waals surface area contributed by atoms with Gasteiger partial charge >= 0.3 is 6.18 Å². The second-order valence-corrected chi connectivity index (χ2v) is 11.8. The van der Waals surface area contributed by atoms with Gasteiger partial charge in [-0.1, -0.05) is 40.3 Å². The molecule has 4 rings (SSSR count). The number of halogens is 3. The van der Waals surface area contributed by atoms with Crippen molar-refractivity contribution < 1.29 is 18.0 Å². The molecule has 222 valence electrons. The molecule has 2 aliphatic heterocycles. The predicted octanol–water partition coefficient (Wildman–Crippen LogP) is 6.43.